The van der Waals surface area contributed by atoms with Gasteiger partial charge in [-0.15, -0.1) is 0 Å². The minimum Gasteiger partial charge on any atom is -0.453 e. The molecule has 0 unspecified atom stereocenters. The highest BCUT2D eigenvalue weighted by Gasteiger charge is 2.34. The molecule has 5 heteroatoms. The molecule has 1 aliphatic rings. The normalized spacial score (nSPS) is 26.2. The second kappa shape index (κ2) is 5.49. The molecule has 0 aliphatic carbocycles. The van der Waals surface area contributed by atoms with E-state index < -0.39 is 0 Å². The molecule has 1 heterocycles. The standard InChI is InChI=1S/C10H16BrNO3/c1-7(13)6-9-8(11)4-3-5-12(9)10(14)15-2/h8-9H,3-6H2,1-2H3/t8-,9+/m0/s1. The van der Waals surface area contributed by atoms with Crippen molar-refractivity contribution < 1.29 is 14.3 Å². The predicted octanol–water partition coefficient (Wildman–Crippen LogP) is 1.96. The number of halogens is 1. The lowest BCUT2D eigenvalue weighted by Crippen LogP contribution is -2.49. The van der Waals surface area contributed by atoms with Crippen molar-refractivity contribution in [2.24, 2.45) is 0 Å². The van der Waals surface area contributed by atoms with Gasteiger partial charge in [0.25, 0.3) is 0 Å². The first-order valence-corrected chi connectivity index (χ1v) is 5.96. The molecule has 86 valence electrons. The Bertz CT molecular complexity index is 257. The molecular formula is C10H16BrNO3. The minimum atomic E-state index is -0.342. The molecule has 0 N–H and O–H groups in total. The maximum absolute atomic E-state index is 11.5. The highest BCUT2D eigenvalue weighted by Crippen LogP contribution is 2.26. The van der Waals surface area contributed by atoms with E-state index in [4.69, 9.17) is 4.74 Å². The van der Waals surface area contributed by atoms with Crippen LogP contribution in [0.25, 0.3) is 0 Å². The number of alkyl halides is 1. The van der Waals surface area contributed by atoms with Crippen molar-refractivity contribution in [1.82, 2.24) is 4.90 Å². The molecule has 15 heavy (non-hydrogen) atoms. The minimum absolute atomic E-state index is 0.0660. The number of piperidine rings is 1. The lowest BCUT2D eigenvalue weighted by atomic mass is 9.98. The lowest BCUT2D eigenvalue weighted by molar-refractivity contribution is -0.118. The van der Waals surface area contributed by atoms with E-state index in [9.17, 15) is 9.59 Å². The summed E-state index contributed by atoms with van der Waals surface area (Å²) in [5.74, 6) is 0.0975. The third kappa shape index (κ3) is 3.19. The summed E-state index contributed by atoms with van der Waals surface area (Å²) in [4.78, 5) is 24.4. The summed E-state index contributed by atoms with van der Waals surface area (Å²) in [6.07, 6.45) is 1.99. The predicted molar refractivity (Wildman–Crippen MR) is 60.1 cm³/mol. The van der Waals surface area contributed by atoms with Crippen LogP contribution in [0, 0.1) is 0 Å². The highest BCUT2D eigenvalue weighted by molar-refractivity contribution is 9.09. The molecule has 0 saturated carbocycles. The number of carbonyl (C=O) groups is 2. The molecule has 2 atom stereocenters. The van der Waals surface area contributed by atoms with Crippen molar-refractivity contribution in [2.75, 3.05) is 13.7 Å². The number of carbonyl (C=O) groups excluding carboxylic acids is 2. The molecule has 1 rings (SSSR count). The van der Waals surface area contributed by atoms with Crippen LogP contribution >= 0.6 is 15.9 Å². The van der Waals surface area contributed by atoms with Crippen LogP contribution in [0.3, 0.4) is 0 Å². The van der Waals surface area contributed by atoms with Gasteiger partial charge in [-0.3, -0.25) is 4.79 Å². The first kappa shape index (κ1) is 12.5. The molecule has 1 fully saturated rings. The molecule has 4 nitrogen and oxygen atoms in total. The molecule has 1 saturated heterocycles. The Morgan fingerprint density at radius 1 is 1.53 bits per heavy atom. The first-order valence-electron chi connectivity index (χ1n) is 5.04. The monoisotopic (exact) mass is 277 g/mol. The molecule has 0 spiro atoms. The zero-order chi connectivity index (χ0) is 11.4. The van der Waals surface area contributed by atoms with Gasteiger partial charge in [-0.05, 0) is 19.8 Å². The van der Waals surface area contributed by atoms with Gasteiger partial charge in [-0.2, -0.15) is 0 Å². The summed E-state index contributed by atoms with van der Waals surface area (Å²) < 4.78 is 4.70. The highest BCUT2D eigenvalue weighted by atomic mass is 79.9. The average Bonchev–Trinajstić information content (AvgIpc) is 2.19. The molecular weight excluding hydrogens is 262 g/mol. The fourth-order valence-electron chi connectivity index (χ4n) is 1.89. The Hall–Kier alpha value is -0.580. The third-order valence-electron chi connectivity index (χ3n) is 2.60. The van der Waals surface area contributed by atoms with Crippen molar-refractivity contribution in [1.29, 1.82) is 0 Å². The van der Waals surface area contributed by atoms with E-state index in [1.54, 1.807) is 11.8 Å². The van der Waals surface area contributed by atoms with Crippen molar-refractivity contribution in [2.45, 2.75) is 37.1 Å². The van der Waals surface area contributed by atoms with E-state index in [1.165, 1.54) is 7.11 Å². The molecule has 0 bridgehead atoms. The Morgan fingerprint density at radius 3 is 2.73 bits per heavy atom. The largest absolute Gasteiger partial charge is 0.453 e. The number of ether oxygens (including phenoxy) is 1. The van der Waals surface area contributed by atoms with E-state index in [0.29, 0.717) is 13.0 Å². The second-order valence-electron chi connectivity index (χ2n) is 3.80. The van der Waals surface area contributed by atoms with Gasteiger partial charge in [0.15, 0.2) is 0 Å². The van der Waals surface area contributed by atoms with Crippen molar-refractivity contribution in [3.63, 3.8) is 0 Å². The fourth-order valence-corrected chi connectivity index (χ4v) is 2.68. The van der Waals surface area contributed by atoms with Crippen LogP contribution in [0.1, 0.15) is 26.2 Å². The Morgan fingerprint density at radius 2 is 2.20 bits per heavy atom. The smallest absolute Gasteiger partial charge is 0.409 e. The van der Waals surface area contributed by atoms with Crippen molar-refractivity contribution in [3.8, 4) is 0 Å². The lowest BCUT2D eigenvalue weighted by Gasteiger charge is -2.37. The van der Waals surface area contributed by atoms with Gasteiger partial charge < -0.3 is 9.64 Å². The van der Waals surface area contributed by atoms with Gasteiger partial charge in [0.2, 0.25) is 0 Å². The number of hydrogen-bond donors (Lipinski definition) is 0. The van der Waals surface area contributed by atoms with Gasteiger partial charge in [0.05, 0.1) is 13.2 Å². The number of ketones is 1. The number of hydrogen-bond acceptors (Lipinski definition) is 3. The van der Waals surface area contributed by atoms with E-state index in [1.807, 2.05) is 0 Å². The maximum atomic E-state index is 11.5. The van der Waals surface area contributed by atoms with E-state index in [0.717, 1.165) is 12.8 Å². The van der Waals surface area contributed by atoms with Gasteiger partial charge in [-0.25, -0.2) is 4.79 Å². The quantitative estimate of drug-likeness (QED) is 0.725. The summed E-state index contributed by atoms with van der Waals surface area (Å²) >= 11 is 3.52. The zero-order valence-electron chi connectivity index (χ0n) is 9.03. The number of likely N-dealkylation sites (tertiary alicyclic amines) is 1. The Balaban J connectivity index is 2.72. The van der Waals surface area contributed by atoms with Crippen LogP contribution < -0.4 is 0 Å². The van der Waals surface area contributed by atoms with Crippen molar-refractivity contribution >= 4 is 27.8 Å². The van der Waals surface area contributed by atoms with Crippen molar-refractivity contribution in [3.05, 3.63) is 0 Å². The Kier molecular flexibility index (Phi) is 4.57. The number of rotatable bonds is 2. The number of amides is 1. The molecule has 1 aliphatic heterocycles. The topological polar surface area (TPSA) is 46.6 Å². The first-order chi connectivity index (χ1) is 7.06. The van der Waals surface area contributed by atoms with Crippen LogP contribution in [-0.4, -0.2) is 41.3 Å². The summed E-state index contributed by atoms with van der Waals surface area (Å²) in [5, 5.41) is 0. The Labute approximate surface area is 98.1 Å². The SMILES string of the molecule is COC(=O)N1CCC[C@H](Br)[C@H]1CC(C)=O. The molecule has 1 amide bonds. The summed E-state index contributed by atoms with van der Waals surface area (Å²) in [6, 6.07) is -0.0660. The van der Waals surface area contributed by atoms with Gasteiger partial charge in [-0.1, -0.05) is 15.9 Å². The molecule has 0 aromatic heterocycles. The van der Waals surface area contributed by atoms with Crippen LogP contribution in [0.5, 0.6) is 0 Å². The van der Waals surface area contributed by atoms with E-state index in [2.05, 4.69) is 15.9 Å². The maximum Gasteiger partial charge on any atom is 0.409 e. The molecule has 0 aromatic carbocycles. The van der Waals surface area contributed by atoms with Gasteiger partial charge in [0.1, 0.15) is 5.78 Å². The fraction of sp³-hybridized carbons (Fsp3) is 0.800. The zero-order valence-corrected chi connectivity index (χ0v) is 10.6. The van der Waals surface area contributed by atoms with Crippen LogP contribution in [0.15, 0.2) is 0 Å². The van der Waals surface area contributed by atoms with Gasteiger partial charge in [0, 0.05) is 17.8 Å². The molecule has 0 aromatic rings. The van der Waals surface area contributed by atoms with E-state index >= 15 is 0 Å². The average molecular weight is 278 g/mol. The number of nitrogens with zero attached hydrogens (tertiary/aromatic N) is 1. The van der Waals surface area contributed by atoms with Crippen LogP contribution in [0.4, 0.5) is 4.79 Å². The summed E-state index contributed by atoms with van der Waals surface area (Å²) in [5.41, 5.74) is 0. The third-order valence-corrected chi connectivity index (χ3v) is 3.67. The van der Waals surface area contributed by atoms with Crippen LogP contribution in [-0.2, 0) is 9.53 Å². The summed E-state index contributed by atoms with van der Waals surface area (Å²) in [7, 11) is 1.37. The summed E-state index contributed by atoms with van der Waals surface area (Å²) in [6.45, 7) is 2.22. The molecule has 0 radical (unpaired) electrons. The van der Waals surface area contributed by atoms with E-state index in [-0.39, 0.29) is 22.7 Å². The van der Waals surface area contributed by atoms with Gasteiger partial charge >= 0.3 is 6.09 Å². The number of methoxy groups -OCH3 is 1. The van der Waals surface area contributed by atoms with Crippen LogP contribution in [0.2, 0.25) is 0 Å². The number of Topliss-reactive ketones (excluding diaryl/α,β-unsaturated/α-hetero) is 1. The second-order valence-corrected chi connectivity index (χ2v) is 4.97.